The second-order valence-electron chi connectivity index (χ2n) is 5.28. The van der Waals surface area contributed by atoms with Crippen LogP contribution in [0.1, 0.15) is 19.8 Å². The van der Waals surface area contributed by atoms with E-state index in [2.05, 4.69) is 9.71 Å². The largest absolute Gasteiger partial charge is 0.480 e. The molecule has 1 aliphatic carbocycles. The van der Waals surface area contributed by atoms with Gasteiger partial charge in [0.05, 0.1) is 12.9 Å². The SMILES string of the molecule is CCN(CC(=O)O)C1CC(NS(=O)(=O)c2cn(C)cn2)C1. The number of aromatic nitrogens is 2. The van der Waals surface area contributed by atoms with Gasteiger partial charge in [-0.05, 0) is 19.4 Å². The number of nitrogens with one attached hydrogen (secondary N) is 1. The van der Waals surface area contributed by atoms with E-state index < -0.39 is 16.0 Å². The molecule has 9 heteroatoms. The van der Waals surface area contributed by atoms with Crippen molar-refractivity contribution in [3.63, 3.8) is 0 Å². The van der Waals surface area contributed by atoms with Crippen LogP contribution in [0.15, 0.2) is 17.6 Å². The Kier molecular flexibility index (Phi) is 4.64. The first-order valence-corrected chi connectivity index (χ1v) is 8.26. The van der Waals surface area contributed by atoms with Gasteiger partial charge in [0.1, 0.15) is 0 Å². The predicted octanol–water partition coefficient (Wildman–Crippen LogP) is -0.364. The first-order valence-electron chi connectivity index (χ1n) is 6.78. The van der Waals surface area contributed by atoms with Crippen LogP contribution in [0.2, 0.25) is 0 Å². The van der Waals surface area contributed by atoms with E-state index in [4.69, 9.17) is 5.11 Å². The zero-order valence-electron chi connectivity index (χ0n) is 12.1. The number of aliphatic carboxylic acids is 1. The van der Waals surface area contributed by atoms with E-state index in [-0.39, 0.29) is 23.7 Å². The molecular formula is C12H20N4O4S. The van der Waals surface area contributed by atoms with Crippen LogP contribution < -0.4 is 4.72 Å². The lowest BCUT2D eigenvalue weighted by atomic mass is 9.86. The van der Waals surface area contributed by atoms with Gasteiger partial charge in [0.15, 0.2) is 5.03 Å². The van der Waals surface area contributed by atoms with Gasteiger partial charge in [-0.1, -0.05) is 6.92 Å². The van der Waals surface area contributed by atoms with E-state index >= 15 is 0 Å². The molecule has 0 spiro atoms. The molecule has 0 radical (unpaired) electrons. The summed E-state index contributed by atoms with van der Waals surface area (Å²) in [5.74, 6) is -0.866. The Hall–Kier alpha value is -1.45. The lowest BCUT2D eigenvalue weighted by molar-refractivity contribution is -0.139. The van der Waals surface area contributed by atoms with E-state index in [9.17, 15) is 13.2 Å². The maximum absolute atomic E-state index is 12.1. The number of carboxylic acids is 1. The van der Waals surface area contributed by atoms with Gasteiger partial charge in [-0.2, -0.15) is 0 Å². The second kappa shape index (κ2) is 6.12. The molecule has 0 amide bonds. The van der Waals surface area contributed by atoms with Crippen molar-refractivity contribution < 1.29 is 18.3 Å². The third-order valence-corrected chi connectivity index (χ3v) is 5.06. The minimum absolute atomic E-state index is 0.00586. The highest BCUT2D eigenvalue weighted by Crippen LogP contribution is 2.26. The molecule has 21 heavy (non-hydrogen) atoms. The van der Waals surface area contributed by atoms with Gasteiger partial charge in [-0.25, -0.2) is 18.1 Å². The number of carbonyl (C=O) groups is 1. The highest BCUT2D eigenvalue weighted by molar-refractivity contribution is 7.89. The average molecular weight is 316 g/mol. The molecular weight excluding hydrogens is 296 g/mol. The molecule has 0 aliphatic heterocycles. The van der Waals surface area contributed by atoms with Gasteiger partial charge >= 0.3 is 5.97 Å². The molecule has 1 aromatic heterocycles. The lowest BCUT2D eigenvalue weighted by Crippen LogP contribution is -2.54. The number of hydrogen-bond acceptors (Lipinski definition) is 5. The van der Waals surface area contributed by atoms with Crippen LogP contribution in [0.25, 0.3) is 0 Å². The minimum Gasteiger partial charge on any atom is -0.480 e. The third kappa shape index (κ3) is 3.80. The summed E-state index contributed by atoms with van der Waals surface area (Å²) in [6.07, 6.45) is 4.12. The van der Waals surface area contributed by atoms with E-state index in [1.54, 1.807) is 11.6 Å². The molecule has 0 unspecified atom stereocenters. The van der Waals surface area contributed by atoms with Gasteiger partial charge < -0.3 is 9.67 Å². The molecule has 1 aromatic rings. The fraction of sp³-hybridized carbons (Fsp3) is 0.667. The molecule has 1 heterocycles. The molecule has 1 fully saturated rings. The van der Waals surface area contributed by atoms with Gasteiger partial charge in [-0.15, -0.1) is 0 Å². The smallest absolute Gasteiger partial charge is 0.317 e. The molecule has 8 nitrogen and oxygen atoms in total. The molecule has 2 N–H and O–H groups in total. The molecule has 0 bridgehead atoms. The number of carboxylic acid groups (broad SMARTS) is 1. The van der Waals surface area contributed by atoms with Crippen LogP contribution >= 0.6 is 0 Å². The Labute approximate surface area is 123 Å². The first kappa shape index (κ1) is 15.9. The molecule has 1 aliphatic rings. The second-order valence-corrected chi connectivity index (χ2v) is 6.94. The summed E-state index contributed by atoms with van der Waals surface area (Å²) in [7, 11) is -1.89. The van der Waals surface area contributed by atoms with Crippen molar-refractivity contribution in [1.29, 1.82) is 0 Å². The Morgan fingerprint density at radius 3 is 2.71 bits per heavy atom. The van der Waals surface area contributed by atoms with Crippen molar-refractivity contribution in [2.45, 2.75) is 36.9 Å². The highest BCUT2D eigenvalue weighted by atomic mass is 32.2. The van der Waals surface area contributed by atoms with Gasteiger partial charge in [0.2, 0.25) is 0 Å². The number of sulfonamides is 1. The highest BCUT2D eigenvalue weighted by Gasteiger charge is 2.36. The summed E-state index contributed by atoms with van der Waals surface area (Å²) in [6.45, 7) is 2.52. The van der Waals surface area contributed by atoms with Crippen LogP contribution in [-0.2, 0) is 21.9 Å². The molecule has 0 aromatic carbocycles. The normalized spacial score (nSPS) is 22.2. The summed E-state index contributed by atoms with van der Waals surface area (Å²) < 4.78 is 28.3. The Morgan fingerprint density at radius 2 is 2.24 bits per heavy atom. The Bertz CT molecular complexity index is 607. The van der Waals surface area contributed by atoms with Crippen molar-refractivity contribution in [3.05, 3.63) is 12.5 Å². The van der Waals surface area contributed by atoms with Crippen LogP contribution in [0, 0.1) is 0 Å². The maximum atomic E-state index is 12.1. The van der Waals surface area contributed by atoms with Gasteiger partial charge in [0.25, 0.3) is 10.0 Å². The number of rotatable bonds is 7. The number of imidazole rings is 1. The lowest BCUT2D eigenvalue weighted by Gasteiger charge is -2.41. The summed E-state index contributed by atoms with van der Waals surface area (Å²) in [4.78, 5) is 16.4. The fourth-order valence-corrected chi connectivity index (χ4v) is 3.71. The number of nitrogens with zero attached hydrogens (tertiary/aromatic N) is 3. The van der Waals surface area contributed by atoms with Crippen LogP contribution in [0.3, 0.4) is 0 Å². The summed E-state index contributed by atoms with van der Waals surface area (Å²) in [5, 5.41) is 8.83. The summed E-state index contributed by atoms with van der Waals surface area (Å²) in [6, 6.07) is -0.0487. The monoisotopic (exact) mass is 316 g/mol. The molecule has 1 saturated carbocycles. The third-order valence-electron chi connectivity index (χ3n) is 3.65. The fourth-order valence-electron chi connectivity index (χ4n) is 2.46. The minimum atomic E-state index is -3.60. The quantitative estimate of drug-likeness (QED) is 0.711. The van der Waals surface area contributed by atoms with E-state index in [0.717, 1.165) is 0 Å². The van der Waals surface area contributed by atoms with Gasteiger partial charge in [0, 0.05) is 25.3 Å². The molecule has 0 atom stereocenters. The van der Waals surface area contributed by atoms with E-state index in [0.29, 0.717) is 19.4 Å². The van der Waals surface area contributed by atoms with Crippen LogP contribution in [-0.4, -0.2) is 59.1 Å². The van der Waals surface area contributed by atoms with Crippen molar-refractivity contribution >= 4 is 16.0 Å². The predicted molar refractivity (Wildman–Crippen MR) is 75.2 cm³/mol. The average Bonchev–Trinajstić information content (AvgIpc) is 2.78. The van der Waals surface area contributed by atoms with E-state index in [1.165, 1.54) is 12.5 Å². The first-order chi connectivity index (χ1) is 9.81. The topological polar surface area (TPSA) is 105 Å². The standard InChI is InChI=1S/C12H20N4O4S/c1-3-16(7-12(17)18)10-4-9(5-10)14-21(19,20)11-6-15(2)8-13-11/h6,8-10,14H,3-5,7H2,1-2H3,(H,17,18). The van der Waals surface area contributed by atoms with Crippen LogP contribution in [0.4, 0.5) is 0 Å². The number of aryl methyl sites for hydroxylation is 1. The van der Waals surface area contributed by atoms with Crippen LogP contribution in [0.5, 0.6) is 0 Å². The Morgan fingerprint density at radius 1 is 1.57 bits per heavy atom. The van der Waals surface area contributed by atoms with E-state index in [1.807, 2.05) is 11.8 Å². The molecule has 0 saturated heterocycles. The molecule has 118 valence electrons. The summed E-state index contributed by atoms with van der Waals surface area (Å²) in [5.41, 5.74) is 0. The maximum Gasteiger partial charge on any atom is 0.317 e. The van der Waals surface area contributed by atoms with Crippen molar-refractivity contribution in [2.24, 2.45) is 7.05 Å². The zero-order chi connectivity index (χ0) is 15.6. The number of likely N-dealkylation sites (N-methyl/N-ethyl adjacent to an activating group) is 1. The zero-order valence-corrected chi connectivity index (χ0v) is 12.9. The van der Waals surface area contributed by atoms with Crippen molar-refractivity contribution in [2.75, 3.05) is 13.1 Å². The number of hydrogen-bond donors (Lipinski definition) is 2. The summed E-state index contributed by atoms with van der Waals surface area (Å²) >= 11 is 0. The Balaban J connectivity index is 1.89. The van der Waals surface area contributed by atoms with Gasteiger partial charge in [-0.3, -0.25) is 9.69 Å². The molecule has 2 rings (SSSR count). The van der Waals surface area contributed by atoms with Crippen molar-refractivity contribution in [1.82, 2.24) is 19.2 Å². The van der Waals surface area contributed by atoms with Crippen molar-refractivity contribution in [3.8, 4) is 0 Å².